The van der Waals surface area contributed by atoms with E-state index in [4.69, 9.17) is 4.42 Å². The van der Waals surface area contributed by atoms with Crippen molar-refractivity contribution < 1.29 is 9.21 Å². The molecule has 1 aliphatic carbocycles. The molecule has 4 heteroatoms. The molecule has 4 nitrogen and oxygen atoms in total. The monoisotopic (exact) mass is 284 g/mol. The smallest absolute Gasteiger partial charge is 0.221 e. The van der Waals surface area contributed by atoms with E-state index in [1.807, 2.05) is 30.3 Å². The molecule has 0 spiro atoms. The zero-order valence-electron chi connectivity index (χ0n) is 12.3. The molecule has 1 heterocycles. The minimum atomic E-state index is -0.0682. The predicted molar refractivity (Wildman–Crippen MR) is 83.3 cm³/mol. The lowest BCUT2D eigenvalue weighted by atomic mass is 10.2. The van der Waals surface area contributed by atoms with Gasteiger partial charge in [0.15, 0.2) is 0 Å². The first-order chi connectivity index (χ1) is 10.1. The zero-order chi connectivity index (χ0) is 14.8. The van der Waals surface area contributed by atoms with Gasteiger partial charge in [0.1, 0.15) is 11.5 Å². The second-order valence-electron chi connectivity index (χ2n) is 5.74. The number of carbonyl (C=O) groups is 1. The maximum Gasteiger partial charge on any atom is 0.221 e. The summed E-state index contributed by atoms with van der Waals surface area (Å²) in [6.07, 6.45) is 1.24. The summed E-state index contributed by atoms with van der Waals surface area (Å²) < 4.78 is 5.86. The van der Waals surface area contributed by atoms with Gasteiger partial charge in [0, 0.05) is 24.2 Å². The number of furan rings is 1. The summed E-state index contributed by atoms with van der Waals surface area (Å²) in [7, 11) is 0. The summed E-state index contributed by atoms with van der Waals surface area (Å²) in [5.41, 5.74) is 1.75. The molecule has 110 valence electrons. The van der Waals surface area contributed by atoms with Crippen molar-refractivity contribution in [3.8, 4) is 0 Å². The SMILES string of the molecule is CC(=O)Nc1cccc(NCc2ccc(C3CC3C)o2)c1. The molecule has 3 rings (SSSR count). The van der Waals surface area contributed by atoms with Crippen molar-refractivity contribution in [1.29, 1.82) is 0 Å². The van der Waals surface area contributed by atoms with Crippen molar-refractivity contribution in [3.05, 3.63) is 47.9 Å². The third-order valence-electron chi connectivity index (χ3n) is 3.81. The molecule has 2 N–H and O–H groups in total. The minimum absolute atomic E-state index is 0.0682. The average molecular weight is 284 g/mol. The lowest BCUT2D eigenvalue weighted by Gasteiger charge is -2.07. The van der Waals surface area contributed by atoms with Gasteiger partial charge in [-0.25, -0.2) is 0 Å². The van der Waals surface area contributed by atoms with Crippen LogP contribution in [0.4, 0.5) is 11.4 Å². The van der Waals surface area contributed by atoms with Gasteiger partial charge in [0.05, 0.1) is 6.54 Å². The molecule has 0 radical (unpaired) electrons. The fourth-order valence-corrected chi connectivity index (χ4v) is 2.51. The van der Waals surface area contributed by atoms with E-state index in [2.05, 4.69) is 23.6 Å². The topological polar surface area (TPSA) is 54.3 Å². The largest absolute Gasteiger partial charge is 0.464 e. The van der Waals surface area contributed by atoms with Crippen LogP contribution in [-0.2, 0) is 11.3 Å². The number of anilines is 2. The second-order valence-corrected chi connectivity index (χ2v) is 5.74. The van der Waals surface area contributed by atoms with Gasteiger partial charge >= 0.3 is 0 Å². The number of rotatable bonds is 5. The van der Waals surface area contributed by atoms with Crippen molar-refractivity contribution in [2.75, 3.05) is 10.6 Å². The van der Waals surface area contributed by atoms with Crippen LogP contribution in [0.5, 0.6) is 0 Å². The molecule has 1 aromatic carbocycles. The Hall–Kier alpha value is -2.23. The van der Waals surface area contributed by atoms with Crippen molar-refractivity contribution in [1.82, 2.24) is 0 Å². The van der Waals surface area contributed by atoms with Crippen molar-refractivity contribution >= 4 is 17.3 Å². The molecule has 1 aliphatic rings. The van der Waals surface area contributed by atoms with Gasteiger partial charge in [-0.2, -0.15) is 0 Å². The predicted octanol–water partition coefficient (Wildman–Crippen LogP) is 3.97. The molecule has 21 heavy (non-hydrogen) atoms. The van der Waals surface area contributed by atoms with Crippen molar-refractivity contribution in [3.63, 3.8) is 0 Å². The van der Waals surface area contributed by atoms with E-state index >= 15 is 0 Å². The molecule has 2 atom stereocenters. The van der Waals surface area contributed by atoms with E-state index in [1.165, 1.54) is 13.3 Å². The van der Waals surface area contributed by atoms with Gasteiger partial charge in [-0.3, -0.25) is 4.79 Å². The highest BCUT2D eigenvalue weighted by Crippen LogP contribution is 2.47. The molecular formula is C17H20N2O2. The summed E-state index contributed by atoms with van der Waals surface area (Å²) in [5.74, 6) is 3.34. The molecular weight excluding hydrogens is 264 g/mol. The maximum atomic E-state index is 11.1. The van der Waals surface area contributed by atoms with Gasteiger partial charge in [-0.05, 0) is 42.7 Å². The summed E-state index contributed by atoms with van der Waals surface area (Å²) in [5, 5.41) is 6.09. The molecule has 1 amide bonds. The number of carbonyl (C=O) groups excluding carboxylic acids is 1. The second kappa shape index (κ2) is 5.64. The Morgan fingerprint density at radius 1 is 1.29 bits per heavy atom. The van der Waals surface area contributed by atoms with Crippen LogP contribution in [0.25, 0.3) is 0 Å². The quantitative estimate of drug-likeness (QED) is 0.873. The van der Waals surface area contributed by atoms with E-state index in [0.717, 1.165) is 28.8 Å². The first-order valence-electron chi connectivity index (χ1n) is 7.32. The van der Waals surface area contributed by atoms with Crippen LogP contribution in [0.15, 0.2) is 40.8 Å². The minimum Gasteiger partial charge on any atom is -0.464 e. The Morgan fingerprint density at radius 3 is 2.76 bits per heavy atom. The van der Waals surface area contributed by atoms with Crippen LogP contribution in [0.3, 0.4) is 0 Å². The third-order valence-corrected chi connectivity index (χ3v) is 3.81. The highest BCUT2D eigenvalue weighted by Gasteiger charge is 2.36. The maximum absolute atomic E-state index is 11.1. The molecule has 0 aliphatic heterocycles. The van der Waals surface area contributed by atoms with E-state index < -0.39 is 0 Å². The van der Waals surface area contributed by atoms with Crippen LogP contribution < -0.4 is 10.6 Å². The summed E-state index contributed by atoms with van der Waals surface area (Å²) >= 11 is 0. The van der Waals surface area contributed by atoms with Crippen LogP contribution in [0.1, 0.15) is 37.7 Å². The normalized spacial score (nSPS) is 20.1. The Morgan fingerprint density at radius 2 is 2.05 bits per heavy atom. The molecule has 2 aromatic rings. The number of hydrogen-bond donors (Lipinski definition) is 2. The van der Waals surface area contributed by atoms with Crippen molar-refractivity contribution in [2.24, 2.45) is 5.92 Å². The average Bonchev–Trinajstić information content (AvgIpc) is 2.99. The Labute approximate surface area is 124 Å². The van der Waals surface area contributed by atoms with E-state index in [-0.39, 0.29) is 5.91 Å². The molecule has 0 saturated heterocycles. The standard InChI is InChI=1S/C17H20N2O2/c1-11-8-16(11)17-7-6-15(21-17)10-18-13-4-3-5-14(9-13)19-12(2)20/h3-7,9,11,16,18H,8,10H2,1-2H3,(H,19,20). The molecule has 2 unspecified atom stereocenters. The van der Waals surface area contributed by atoms with E-state index in [0.29, 0.717) is 12.5 Å². The van der Waals surface area contributed by atoms with Crippen LogP contribution in [-0.4, -0.2) is 5.91 Å². The Kier molecular flexibility index (Phi) is 3.69. The summed E-state index contributed by atoms with van der Waals surface area (Å²) in [4.78, 5) is 11.1. The van der Waals surface area contributed by atoms with Crippen LogP contribution in [0, 0.1) is 5.92 Å². The fourth-order valence-electron chi connectivity index (χ4n) is 2.51. The fraction of sp³-hybridized carbons (Fsp3) is 0.353. The first kappa shape index (κ1) is 13.7. The third kappa shape index (κ3) is 3.45. The number of amides is 1. The van der Waals surface area contributed by atoms with E-state index in [1.54, 1.807) is 0 Å². The molecule has 0 bridgehead atoms. The molecule has 1 fully saturated rings. The van der Waals surface area contributed by atoms with Gasteiger partial charge in [0.2, 0.25) is 5.91 Å². The lowest BCUT2D eigenvalue weighted by molar-refractivity contribution is -0.114. The molecule has 1 aromatic heterocycles. The van der Waals surface area contributed by atoms with Gasteiger partial charge in [-0.15, -0.1) is 0 Å². The van der Waals surface area contributed by atoms with Crippen LogP contribution in [0.2, 0.25) is 0 Å². The summed E-state index contributed by atoms with van der Waals surface area (Å²) in [6, 6.07) is 11.8. The number of hydrogen-bond acceptors (Lipinski definition) is 3. The number of nitrogens with one attached hydrogen (secondary N) is 2. The highest BCUT2D eigenvalue weighted by atomic mass is 16.3. The van der Waals surface area contributed by atoms with Gasteiger partial charge < -0.3 is 15.1 Å². The van der Waals surface area contributed by atoms with Gasteiger partial charge in [0.25, 0.3) is 0 Å². The molecule has 1 saturated carbocycles. The van der Waals surface area contributed by atoms with Crippen LogP contribution >= 0.6 is 0 Å². The first-order valence-corrected chi connectivity index (χ1v) is 7.32. The lowest BCUT2D eigenvalue weighted by Crippen LogP contribution is -2.06. The van der Waals surface area contributed by atoms with E-state index in [9.17, 15) is 4.79 Å². The highest BCUT2D eigenvalue weighted by molar-refractivity contribution is 5.89. The van der Waals surface area contributed by atoms with Gasteiger partial charge in [-0.1, -0.05) is 13.0 Å². The summed E-state index contributed by atoms with van der Waals surface area (Å²) in [6.45, 7) is 4.40. The number of benzene rings is 1. The Balaban J connectivity index is 1.59. The Bertz CT molecular complexity index is 648. The van der Waals surface area contributed by atoms with Crippen molar-refractivity contribution in [2.45, 2.75) is 32.7 Å². The zero-order valence-corrected chi connectivity index (χ0v) is 12.3.